The number of anilines is 2. The quantitative estimate of drug-likeness (QED) is 0.0725. The van der Waals surface area contributed by atoms with Crippen LogP contribution in [0.2, 0.25) is 0 Å². The van der Waals surface area contributed by atoms with Crippen LogP contribution in [-0.2, 0) is 16.2 Å². The number of amides is 1. The minimum Gasteiger partial charge on any atom is -0.489 e. The SMILES string of the molecule is CC(C)c1ccccc1[C@H]1CCC[C@H]1N1CC2(CCN(c3ccc(C(=O)NS(=O)(=O)c4cc5c(c([N+](=O)[O-])c4)N[C@@H](C4CCC(C)(O)CC4)CO5)c(Oc4cnc5[nH]cc(C(F)(F)F)c5c4)c3)CC2)C1. The Morgan fingerprint density at radius 2 is 1.77 bits per heavy atom. The number of hydrogen-bond donors (Lipinski definition) is 4. The van der Waals surface area contributed by atoms with Gasteiger partial charge in [-0.25, -0.2) is 18.1 Å². The number of sulfonamides is 1. The average molecular weight is 986 g/mol. The summed E-state index contributed by atoms with van der Waals surface area (Å²) >= 11 is 0. The van der Waals surface area contributed by atoms with E-state index in [0.717, 1.165) is 50.3 Å². The molecule has 1 amide bonds. The molecule has 5 heterocycles. The van der Waals surface area contributed by atoms with Crippen molar-refractivity contribution in [3.05, 3.63) is 105 Å². The number of carbonyl (C=O) groups is 1. The highest BCUT2D eigenvalue weighted by Crippen LogP contribution is 2.50. The van der Waals surface area contributed by atoms with Crippen molar-refractivity contribution in [1.29, 1.82) is 0 Å². The molecule has 3 aromatic carbocycles. The number of aliphatic hydroxyl groups is 1. The third kappa shape index (κ3) is 9.27. The van der Waals surface area contributed by atoms with E-state index in [0.29, 0.717) is 62.3 Å². The minimum atomic E-state index is -4.80. The number of rotatable bonds is 11. The number of aromatic nitrogens is 2. The van der Waals surface area contributed by atoms with Crippen LogP contribution in [0.4, 0.5) is 30.2 Å². The van der Waals surface area contributed by atoms with Gasteiger partial charge in [0.1, 0.15) is 23.8 Å². The second kappa shape index (κ2) is 18.0. The maximum atomic E-state index is 14.1. The Morgan fingerprint density at radius 1 is 1.03 bits per heavy atom. The summed E-state index contributed by atoms with van der Waals surface area (Å²) in [7, 11) is -4.80. The first-order valence-electron chi connectivity index (χ1n) is 24.2. The molecule has 372 valence electrons. The lowest BCUT2D eigenvalue weighted by Crippen LogP contribution is -2.63. The Hall–Kier alpha value is -5.92. The Kier molecular flexibility index (Phi) is 12.3. The van der Waals surface area contributed by atoms with Crippen molar-refractivity contribution in [1.82, 2.24) is 19.6 Å². The number of halogens is 3. The fraction of sp³-hybridized carbons (Fsp3) is 0.490. The van der Waals surface area contributed by atoms with Crippen LogP contribution in [-0.4, -0.2) is 89.7 Å². The number of aromatic amines is 1. The van der Waals surface area contributed by atoms with E-state index in [-0.39, 0.29) is 63.5 Å². The zero-order valence-corrected chi connectivity index (χ0v) is 40.2. The number of hydrogen-bond acceptors (Lipinski definition) is 12. The van der Waals surface area contributed by atoms with E-state index in [1.54, 1.807) is 19.1 Å². The Morgan fingerprint density at radius 3 is 2.49 bits per heavy atom. The third-order valence-corrected chi connectivity index (χ3v) is 17.0. The Balaban J connectivity index is 0.882. The summed E-state index contributed by atoms with van der Waals surface area (Å²) in [4.78, 5) is 36.7. The summed E-state index contributed by atoms with van der Waals surface area (Å²) in [5.41, 5.74) is 1.14. The van der Waals surface area contributed by atoms with E-state index in [9.17, 15) is 41.6 Å². The number of likely N-dealkylation sites (tertiary alicyclic amines) is 1. The molecule has 15 nitrogen and oxygen atoms in total. The number of nitrogens with one attached hydrogen (secondary N) is 3. The molecule has 4 N–H and O–H groups in total. The van der Waals surface area contributed by atoms with Gasteiger partial charge in [-0.15, -0.1) is 0 Å². The number of nitro groups is 1. The summed E-state index contributed by atoms with van der Waals surface area (Å²) in [6.45, 7) is 9.81. The van der Waals surface area contributed by atoms with Crippen LogP contribution >= 0.6 is 0 Å². The molecule has 0 unspecified atom stereocenters. The van der Waals surface area contributed by atoms with Crippen molar-refractivity contribution < 1.29 is 45.9 Å². The van der Waals surface area contributed by atoms with Crippen molar-refractivity contribution in [3.8, 4) is 17.2 Å². The van der Waals surface area contributed by atoms with Crippen molar-refractivity contribution in [3.63, 3.8) is 0 Å². The largest absolute Gasteiger partial charge is 0.489 e. The minimum absolute atomic E-state index is 0.0146. The second-order valence-corrected chi connectivity index (χ2v) is 22.4. The molecule has 2 saturated carbocycles. The first-order valence-corrected chi connectivity index (χ1v) is 25.7. The van der Waals surface area contributed by atoms with Gasteiger partial charge in [-0.05, 0) is 111 Å². The van der Waals surface area contributed by atoms with E-state index < -0.39 is 48.8 Å². The Bertz CT molecular complexity index is 2940. The van der Waals surface area contributed by atoms with Gasteiger partial charge in [0.2, 0.25) is 0 Å². The molecule has 3 aliphatic heterocycles. The van der Waals surface area contributed by atoms with Gasteiger partial charge in [0.15, 0.2) is 11.4 Å². The highest BCUT2D eigenvalue weighted by molar-refractivity contribution is 7.90. The van der Waals surface area contributed by atoms with Crippen molar-refractivity contribution >= 4 is 44.0 Å². The molecule has 5 aliphatic rings. The van der Waals surface area contributed by atoms with Crippen LogP contribution in [0.25, 0.3) is 11.0 Å². The van der Waals surface area contributed by atoms with Crippen LogP contribution < -0.4 is 24.4 Å². The monoisotopic (exact) mass is 985 g/mol. The van der Waals surface area contributed by atoms with Crippen molar-refractivity contribution in [2.45, 2.75) is 119 Å². The molecular formula is C51H58F3N7O8S. The van der Waals surface area contributed by atoms with Gasteiger partial charge >= 0.3 is 6.18 Å². The molecule has 10 rings (SSSR count). The van der Waals surface area contributed by atoms with Gasteiger partial charge in [-0.3, -0.25) is 19.8 Å². The lowest BCUT2D eigenvalue weighted by atomic mass is 9.70. The molecular weight excluding hydrogens is 928 g/mol. The maximum Gasteiger partial charge on any atom is 0.418 e. The number of benzene rings is 3. The smallest absolute Gasteiger partial charge is 0.418 e. The molecule has 2 aliphatic carbocycles. The van der Waals surface area contributed by atoms with E-state index >= 15 is 0 Å². The standard InChI is InChI=1S/C51H58F3N7O8S/c1-30(2)35-7-4-5-8-36(35)37-9-6-10-42(37)60-28-50(29-60)17-19-59(20-18-50)32-11-12-38(44(21-32)69-33-22-39-40(51(52,53)54)26-56-47(39)55-25-33)48(62)58-70(66,67)34-23-43(61(64)65)46-45(24-34)68-27-41(57-46)31-13-15-49(3,63)16-14-31/h4-5,7-8,11-12,21-26,30-31,37,41-42,57,63H,6,9-10,13-20,27-29H2,1-3H3,(H,55,56)(H,58,62)/t31?,37-,41-,42-,49?/m1/s1. The molecule has 4 fully saturated rings. The predicted octanol–water partition coefficient (Wildman–Crippen LogP) is 9.88. The van der Waals surface area contributed by atoms with Crippen LogP contribution in [0.5, 0.6) is 17.2 Å². The van der Waals surface area contributed by atoms with Crippen LogP contribution in [0.3, 0.4) is 0 Å². The van der Waals surface area contributed by atoms with E-state index in [2.05, 4.69) is 63.2 Å². The summed E-state index contributed by atoms with van der Waals surface area (Å²) in [5, 5.41) is 25.8. The highest BCUT2D eigenvalue weighted by atomic mass is 32.2. The number of nitrogens with zero attached hydrogens (tertiary/aromatic N) is 4. The van der Waals surface area contributed by atoms with Gasteiger partial charge < -0.3 is 29.8 Å². The molecule has 70 heavy (non-hydrogen) atoms. The summed E-state index contributed by atoms with van der Waals surface area (Å²) in [6, 6.07) is 16.8. The molecule has 19 heteroatoms. The Labute approximate surface area is 404 Å². The lowest BCUT2D eigenvalue weighted by Gasteiger charge is -2.57. The van der Waals surface area contributed by atoms with Gasteiger partial charge in [-0.2, -0.15) is 13.2 Å². The van der Waals surface area contributed by atoms with Gasteiger partial charge in [0.25, 0.3) is 21.6 Å². The third-order valence-electron chi connectivity index (χ3n) is 15.7. The van der Waals surface area contributed by atoms with Crippen LogP contribution in [0, 0.1) is 21.4 Å². The molecule has 2 saturated heterocycles. The lowest BCUT2D eigenvalue weighted by molar-refractivity contribution is -0.384. The summed E-state index contributed by atoms with van der Waals surface area (Å²) in [5.74, 6) is -0.472. The van der Waals surface area contributed by atoms with Crippen LogP contribution in [0.15, 0.2) is 78.0 Å². The highest BCUT2D eigenvalue weighted by Gasteiger charge is 2.50. The molecule has 0 radical (unpaired) electrons. The molecule has 5 aromatic rings. The van der Waals surface area contributed by atoms with Crippen molar-refractivity contribution in [2.75, 3.05) is 43.0 Å². The number of fused-ring (bicyclic) bond motifs is 2. The number of alkyl halides is 3. The van der Waals surface area contributed by atoms with Gasteiger partial charge in [-0.1, -0.05) is 44.5 Å². The number of ether oxygens (including phenoxy) is 2. The molecule has 2 aromatic heterocycles. The zero-order valence-electron chi connectivity index (χ0n) is 39.4. The normalized spacial score (nSPS) is 24.7. The summed E-state index contributed by atoms with van der Waals surface area (Å²) in [6.07, 6.45) is 5.18. The van der Waals surface area contributed by atoms with Gasteiger partial charge in [0, 0.05) is 67.7 Å². The molecule has 3 atom stereocenters. The van der Waals surface area contributed by atoms with E-state index in [1.807, 2.05) is 4.72 Å². The number of piperidine rings is 1. The average Bonchev–Trinajstić information content (AvgIpc) is 3.98. The van der Waals surface area contributed by atoms with Gasteiger partial charge in [0.05, 0.1) is 38.8 Å². The fourth-order valence-electron chi connectivity index (χ4n) is 11.8. The number of nitro benzene ring substituents is 1. The second-order valence-electron chi connectivity index (χ2n) is 20.7. The topological polar surface area (TPSA) is 192 Å². The summed E-state index contributed by atoms with van der Waals surface area (Å²) < 4.78 is 84.0. The van der Waals surface area contributed by atoms with Crippen LogP contribution in [0.1, 0.15) is 117 Å². The van der Waals surface area contributed by atoms with E-state index in [1.165, 1.54) is 42.7 Å². The number of H-pyrrole nitrogens is 1. The van der Waals surface area contributed by atoms with E-state index in [4.69, 9.17) is 9.47 Å². The maximum absolute atomic E-state index is 14.1. The first kappa shape index (κ1) is 47.7. The molecule has 0 bridgehead atoms. The molecule has 1 spiro atoms. The first-order chi connectivity index (χ1) is 33.3. The number of pyridine rings is 1. The zero-order chi connectivity index (χ0) is 49.3. The van der Waals surface area contributed by atoms with Crippen molar-refractivity contribution in [2.24, 2.45) is 11.3 Å². The fourth-order valence-corrected chi connectivity index (χ4v) is 12.8. The number of carbonyl (C=O) groups excluding carboxylic acids is 1. The predicted molar refractivity (Wildman–Crippen MR) is 257 cm³/mol.